The van der Waals surface area contributed by atoms with Crippen LogP contribution >= 0.6 is 11.6 Å². The van der Waals surface area contributed by atoms with Gasteiger partial charge >= 0.3 is 0 Å². The van der Waals surface area contributed by atoms with Crippen LogP contribution in [-0.2, 0) is 4.79 Å². The molecule has 1 aromatic heterocycles. The summed E-state index contributed by atoms with van der Waals surface area (Å²) in [5.41, 5.74) is -0.236. The molecule has 0 spiro atoms. The number of ether oxygens (including phenoxy) is 1. The van der Waals surface area contributed by atoms with E-state index in [-0.39, 0.29) is 29.5 Å². The minimum absolute atomic E-state index is 0.00962. The zero-order chi connectivity index (χ0) is 19.0. The Kier molecular flexibility index (Phi) is 7.63. The van der Waals surface area contributed by atoms with E-state index in [2.05, 4.69) is 20.6 Å². The number of aromatic nitrogens is 2. The van der Waals surface area contributed by atoms with Crippen LogP contribution in [0.5, 0.6) is 5.88 Å². The van der Waals surface area contributed by atoms with Crippen LogP contribution in [0.1, 0.15) is 62.9 Å². The highest BCUT2D eigenvalue weighted by Crippen LogP contribution is 2.27. The van der Waals surface area contributed by atoms with Crippen molar-refractivity contribution in [1.29, 1.82) is 0 Å². The molecule has 1 aliphatic rings. The molecule has 0 unspecified atom stereocenters. The largest absolute Gasteiger partial charge is 0.474 e. The lowest BCUT2D eigenvalue weighted by molar-refractivity contribution is -0.120. The molecule has 26 heavy (non-hydrogen) atoms. The molecular weight excluding hydrogens is 356 g/mol. The zero-order valence-corrected chi connectivity index (χ0v) is 16.1. The van der Waals surface area contributed by atoms with Gasteiger partial charge in [0.1, 0.15) is 11.6 Å². The van der Waals surface area contributed by atoms with Crippen molar-refractivity contribution in [2.45, 2.75) is 64.0 Å². The van der Waals surface area contributed by atoms with Gasteiger partial charge in [0.2, 0.25) is 11.8 Å². The molecule has 2 rings (SSSR count). The maximum Gasteiger partial charge on any atom is 0.271 e. The van der Waals surface area contributed by atoms with E-state index < -0.39 is 5.54 Å². The van der Waals surface area contributed by atoms with Crippen molar-refractivity contribution in [2.24, 2.45) is 0 Å². The molecule has 1 fully saturated rings. The number of hydrogen-bond donors (Lipinski definition) is 2. The van der Waals surface area contributed by atoms with Crippen molar-refractivity contribution in [3.8, 4) is 5.88 Å². The lowest BCUT2D eigenvalue weighted by Gasteiger charge is -2.34. The lowest BCUT2D eigenvalue weighted by Crippen LogP contribution is -2.55. The van der Waals surface area contributed by atoms with E-state index in [1.54, 1.807) is 0 Å². The summed E-state index contributed by atoms with van der Waals surface area (Å²) in [4.78, 5) is 32.5. The first kappa shape index (κ1) is 20.4. The molecule has 0 aromatic carbocycles. The number of rotatable bonds is 7. The molecular formula is C18H27ClN4O3. The SMILES string of the molecule is CC(C)Oc1cnc(C(=O)NCC2(NC(=O)CCl)CCCCCC2)cn1. The molecule has 2 amide bonds. The van der Waals surface area contributed by atoms with Gasteiger partial charge in [-0.2, -0.15) is 0 Å². The molecule has 1 aliphatic carbocycles. The average molecular weight is 383 g/mol. The van der Waals surface area contributed by atoms with E-state index in [0.717, 1.165) is 38.5 Å². The van der Waals surface area contributed by atoms with Gasteiger partial charge in [0.15, 0.2) is 0 Å². The van der Waals surface area contributed by atoms with Gasteiger partial charge in [-0.15, -0.1) is 11.6 Å². The Morgan fingerprint density at radius 2 is 1.88 bits per heavy atom. The first-order chi connectivity index (χ1) is 12.4. The van der Waals surface area contributed by atoms with E-state index in [1.165, 1.54) is 12.4 Å². The van der Waals surface area contributed by atoms with E-state index in [0.29, 0.717) is 12.4 Å². The van der Waals surface area contributed by atoms with Gasteiger partial charge in [0.05, 0.1) is 24.0 Å². The molecule has 0 aliphatic heterocycles. The lowest BCUT2D eigenvalue weighted by atomic mass is 9.89. The number of alkyl halides is 1. The highest BCUT2D eigenvalue weighted by molar-refractivity contribution is 6.27. The molecule has 1 saturated carbocycles. The second kappa shape index (κ2) is 9.71. The molecule has 8 heteroatoms. The van der Waals surface area contributed by atoms with Gasteiger partial charge in [-0.25, -0.2) is 9.97 Å². The Bertz CT molecular complexity index is 599. The monoisotopic (exact) mass is 382 g/mol. The van der Waals surface area contributed by atoms with Gasteiger partial charge in [-0.1, -0.05) is 25.7 Å². The Labute approximate surface area is 159 Å². The molecule has 144 valence electrons. The summed E-state index contributed by atoms with van der Waals surface area (Å²) in [5.74, 6) is -0.236. The van der Waals surface area contributed by atoms with E-state index in [1.807, 2.05) is 13.8 Å². The molecule has 0 radical (unpaired) electrons. The summed E-state index contributed by atoms with van der Waals surface area (Å²) in [6, 6.07) is 0. The van der Waals surface area contributed by atoms with E-state index >= 15 is 0 Å². The average Bonchev–Trinajstić information content (AvgIpc) is 2.85. The van der Waals surface area contributed by atoms with Crippen LogP contribution in [0.15, 0.2) is 12.4 Å². The molecule has 1 heterocycles. The normalized spacial score (nSPS) is 16.6. The zero-order valence-electron chi connectivity index (χ0n) is 15.4. The fourth-order valence-electron chi connectivity index (χ4n) is 3.16. The Hall–Kier alpha value is -1.89. The van der Waals surface area contributed by atoms with Gasteiger partial charge in [-0.05, 0) is 26.7 Å². The summed E-state index contributed by atoms with van der Waals surface area (Å²) in [6.45, 7) is 4.13. The third-order valence-electron chi connectivity index (χ3n) is 4.39. The third-order valence-corrected chi connectivity index (χ3v) is 4.63. The molecule has 1 aromatic rings. The number of nitrogens with zero attached hydrogens (tertiary/aromatic N) is 2. The molecule has 7 nitrogen and oxygen atoms in total. The predicted octanol–water partition coefficient (Wildman–Crippen LogP) is 2.44. The number of carbonyl (C=O) groups excluding carboxylic acids is 2. The van der Waals surface area contributed by atoms with Crippen molar-refractivity contribution >= 4 is 23.4 Å². The quantitative estimate of drug-likeness (QED) is 0.558. The smallest absolute Gasteiger partial charge is 0.271 e. The van der Waals surface area contributed by atoms with Gasteiger partial charge in [0, 0.05) is 6.54 Å². The van der Waals surface area contributed by atoms with E-state index in [9.17, 15) is 9.59 Å². The Morgan fingerprint density at radius 3 is 2.42 bits per heavy atom. The van der Waals surface area contributed by atoms with Crippen molar-refractivity contribution in [3.63, 3.8) is 0 Å². The Morgan fingerprint density at radius 1 is 1.19 bits per heavy atom. The minimum Gasteiger partial charge on any atom is -0.474 e. The second-order valence-electron chi connectivity index (χ2n) is 6.97. The number of halogens is 1. The van der Waals surface area contributed by atoms with Gasteiger partial charge in [0.25, 0.3) is 5.91 Å². The highest BCUT2D eigenvalue weighted by Gasteiger charge is 2.33. The number of hydrogen-bond acceptors (Lipinski definition) is 5. The van der Waals surface area contributed by atoms with Crippen LogP contribution in [0.3, 0.4) is 0 Å². The van der Waals surface area contributed by atoms with Crippen molar-refractivity contribution in [3.05, 3.63) is 18.1 Å². The van der Waals surface area contributed by atoms with Crippen LogP contribution in [-0.4, -0.2) is 45.8 Å². The summed E-state index contributed by atoms with van der Waals surface area (Å²) in [7, 11) is 0. The summed E-state index contributed by atoms with van der Waals surface area (Å²) >= 11 is 5.65. The highest BCUT2D eigenvalue weighted by atomic mass is 35.5. The number of carbonyl (C=O) groups is 2. The summed E-state index contributed by atoms with van der Waals surface area (Å²) in [6.07, 6.45) is 8.76. The molecule has 0 atom stereocenters. The maximum absolute atomic E-state index is 12.4. The first-order valence-electron chi connectivity index (χ1n) is 9.08. The minimum atomic E-state index is -0.452. The van der Waals surface area contributed by atoms with Crippen molar-refractivity contribution in [2.75, 3.05) is 12.4 Å². The van der Waals surface area contributed by atoms with Crippen molar-refractivity contribution < 1.29 is 14.3 Å². The second-order valence-corrected chi connectivity index (χ2v) is 7.23. The topological polar surface area (TPSA) is 93.2 Å². The van der Waals surface area contributed by atoms with E-state index in [4.69, 9.17) is 16.3 Å². The molecule has 2 N–H and O–H groups in total. The Balaban J connectivity index is 2.00. The number of nitrogens with one attached hydrogen (secondary N) is 2. The number of amides is 2. The molecule has 0 saturated heterocycles. The van der Waals surface area contributed by atoms with Gasteiger partial charge < -0.3 is 15.4 Å². The van der Waals surface area contributed by atoms with Crippen LogP contribution < -0.4 is 15.4 Å². The first-order valence-corrected chi connectivity index (χ1v) is 9.61. The fourth-order valence-corrected chi connectivity index (χ4v) is 3.22. The third kappa shape index (κ3) is 6.12. The summed E-state index contributed by atoms with van der Waals surface area (Å²) < 4.78 is 5.42. The van der Waals surface area contributed by atoms with Crippen LogP contribution in [0, 0.1) is 0 Å². The predicted molar refractivity (Wildman–Crippen MR) is 99.4 cm³/mol. The van der Waals surface area contributed by atoms with Crippen LogP contribution in [0.4, 0.5) is 0 Å². The van der Waals surface area contributed by atoms with Crippen LogP contribution in [0.2, 0.25) is 0 Å². The van der Waals surface area contributed by atoms with Crippen LogP contribution in [0.25, 0.3) is 0 Å². The standard InChI is InChI=1S/C18H27ClN4O3/c1-13(2)26-16-11-20-14(10-21-16)17(25)22-12-18(23-15(24)9-19)7-5-3-4-6-8-18/h10-11,13H,3-9,12H2,1-2H3,(H,22,25)(H,23,24). The molecule has 0 bridgehead atoms. The van der Waals surface area contributed by atoms with Gasteiger partial charge in [-0.3, -0.25) is 9.59 Å². The maximum atomic E-state index is 12.4. The fraction of sp³-hybridized carbons (Fsp3) is 0.667. The van der Waals surface area contributed by atoms with Crippen molar-refractivity contribution in [1.82, 2.24) is 20.6 Å². The summed E-state index contributed by atoms with van der Waals surface area (Å²) in [5, 5.41) is 5.90.